The number of hydrogen-bond donors (Lipinski definition) is 5. The van der Waals surface area contributed by atoms with E-state index < -0.39 is 30.1 Å². The van der Waals surface area contributed by atoms with Crippen molar-refractivity contribution in [3.63, 3.8) is 0 Å². The smallest absolute Gasteiger partial charge is 0.408 e. The van der Waals surface area contributed by atoms with Crippen LogP contribution in [0.5, 0.6) is 0 Å². The molecule has 7 N–H and O–H groups in total. The Bertz CT molecular complexity index is 720. The zero-order chi connectivity index (χ0) is 22.5. The third-order valence-corrected chi connectivity index (χ3v) is 4.13. The summed E-state index contributed by atoms with van der Waals surface area (Å²) in [5, 5.41) is 16.3. The summed E-state index contributed by atoms with van der Waals surface area (Å²) in [6.45, 7) is 4.17. The number of amides is 2. The van der Waals surface area contributed by atoms with E-state index in [-0.39, 0.29) is 24.9 Å². The van der Waals surface area contributed by atoms with Gasteiger partial charge in [0.15, 0.2) is 0 Å². The normalized spacial score (nSPS) is 12.5. The molecule has 30 heavy (non-hydrogen) atoms. The standard InChI is InChI=1S/C20H31N5O5/c1-13(2)11-16(25-20(29)30-12-14-7-4-3-5-8-14)17(26)24-15(18(27)28)9-6-10-23-19(21)22/h3-5,7-8,13,15-16H,6,9-12H2,1-2H3,(H,24,26)(H,25,29)(H,27,28)(H4,21,22,23)/t15-,16+/m0/s1. The van der Waals surface area contributed by atoms with Gasteiger partial charge in [0.05, 0.1) is 18.6 Å². The average Bonchev–Trinajstić information content (AvgIpc) is 2.68. The molecule has 2 atom stereocenters. The van der Waals surface area contributed by atoms with Gasteiger partial charge < -0.3 is 25.3 Å². The topological polar surface area (TPSA) is 174 Å². The van der Waals surface area contributed by atoms with Crippen molar-refractivity contribution in [2.45, 2.75) is 51.8 Å². The van der Waals surface area contributed by atoms with Crippen LogP contribution in [0.15, 0.2) is 30.3 Å². The van der Waals surface area contributed by atoms with Gasteiger partial charge in [0.25, 0.3) is 0 Å². The van der Waals surface area contributed by atoms with E-state index in [0.29, 0.717) is 19.4 Å². The van der Waals surface area contributed by atoms with Gasteiger partial charge in [0, 0.05) is 0 Å². The minimum atomic E-state index is -1.41. The molecule has 0 bridgehead atoms. The summed E-state index contributed by atoms with van der Waals surface area (Å²) >= 11 is 0. The first kappa shape index (κ1) is 24.7. The maximum Gasteiger partial charge on any atom is 0.408 e. The Hall–Kier alpha value is -3.30. The van der Waals surface area contributed by atoms with Gasteiger partial charge in [0.2, 0.25) is 5.91 Å². The lowest BCUT2D eigenvalue weighted by Crippen LogP contribution is -2.78. The molecular weight excluding hydrogens is 390 g/mol. The van der Waals surface area contributed by atoms with Gasteiger partial charge in [-0.1, -0.05) is 44.2 Å². The van der Waals surface area contributed by atoms with E-state index in [1.165, 1.54) is 0 Å². The fourth-order valence-corrected chi connectivity index (χ4v) is 2.67. The fourth-order valence-electron chi connectivity index (χ4n) is 2.67. The highest BCUT2D eigenvalue weighted by atomic mass is 16.5. The highest BCUT2D eigenvalue weighted by molar-refractivity contribution is 5.88. The van der Waals surface area contributed by atoms with Crippen LogP contribution < -0.4 is 32.2 Å². The second-order valence-corrected chi connectivity index (χ2v) is 7.29. The second kappa shape index (κ2) is 13.0. The minimum absolute atomic E-state index is 0.0271. The molecule has 0 aliphatic carbocycles. The molecule has 2 amide bonds. The lowest BCUT2D eigenvalue weighted by Gasteiger charge is -2.24. The predicted octanol–water partition coefficient (Wildman–Crippen LogP) is -2.30. The lowest BCUT2D eigenvalue weighted by atomic mass is 10.0. The summed E-state index contributed by atoms with van der Waals surface area (Å²) < 4.78 is 5.15. The van der Waals surface area contributed by atoms with Crippen molar-refractivity contribution in [2.75, 3.05) is 6.54 Å². The summed E-state index contributed by atoms with van der Waals surface area (Å²) in [4.78, 5) is 38.8. The van der Waals surface area contributed by atoms with Gasteiger partial charge in [-0.05, 0) is 30.7 Å². The number of aliphatic carboxylic acids is 1. The van der Waals surface area contributed by atoms with Crippen LogP contribution >= 0.6 is 0 Å². The van der Waals surface area contributed by atoms with Gasteiger partial charge in [-0.3, -0.25) is 21.3 Å². The molecular formula is C20H31N5O5. The molecule has 0 saturated heterocycles. The lowest BCUT2D eigenvalue weighted by molar-refractivity contribution is -0.459. The highest BCUT2D eigenvalue weighted by Gasteiger charge is 2.25. The van der Waals surface area contributed by atoms with Gasteiger partial charge in [-0.15, -0.1) is 0 Å². The third kappa shape index (κ3) is 10.3. The van der Waals surface area contributed by atoms with E-state index in [9.17, 15) is 19.5 Å². The van der Waals surface area contributed by atoms with Crippen LogP contribution in [-0.2, 0) is 20.9 Å². The van der Waals surface area contributed by atoms with E-state index in [1.54, 1.807) is 12.1 Å². The molecule has 0 aromatic heterocycles. The van der Waals surface area contributed by atoms with Crippen LogP contribution in [0.4, 0.5) is 4.79 Å². The number of carbonyl (C=O) groups is 3. The van der Waals surface area contributed by atoms with E-state index in [4.69, 9.17) is 16.2 Å². The molecule has 166 valence electrons. The maximum absolute atomic E-state index is 12.6. The first-order valence-corrected chi connectivity index (χ1v) is 9.79. The van der Waals surface area contributed by atoms with Crippen LogP contribution in [0.2, 0.25) is 0 Å². The quantitative estimate of drug-likeness (QED) is 0.143. The zero-order valence-electron chi connectivity index (χ0n) is 17.4. The van der Waals surface area contributed by atoms with Gasteiger partial charge in [-0.2, -0.15) is 0 Å². The first-order valence-electron chi connectivity index (χ1n) is 9.79. The van der Waals surface area contributed by atoms with Crippen LogP contribution in [-0.4, -0.2) is 42.6 Å². The Morgan fingerprint density at radius 2 is 1.77 bits per heavy atom. The van der Waals surface area contributed by atoms with Crippen molar-refractivity contribution in [2.24, 2.45) is 17.4 Å². The Morgan fingerprint density at radius 3 is 2.33 bits per heavy atom. The summed E-state index contributed by atoms with van der Waals surface area (Å²) in [6, 6.07) is 6.94. The maximum atomic E-state index is 12.6. The summed E-state index contributed by atoms with van der Waals surface area (Å²) in [5.74, 6) is -1.93. The van der Waals surface area contributed by atoms with E-state index in [1.807, 2.05) is 32.0 Å². The monoisotopic (exact) mass is 421 g/mol. The number of hydrogen-bond acceptors (Lipinski definition) is 5. The SMILES string of the molecule is CC(C)C[C@@H](NC(=O)OCc1ccccc1)C(=O)N[C@@H](CCC[NH+]=C(N)N)C(=O)[O-]. The van der Waals surface area contributed by atoms with Gasteiger partial charge in [-0.25, -0.2) is 4.79 Å². The molecule has 10 nitrogen and oxygen atoms in total. The molecule has 1 aromatic rings. The van der Waals surface area contributed by atoms with Crippen molar-refractivity contribution in [1.29, 1.82) is 0 Å². The Balaban J connectivity index is 2.65. The number of rotatable bonds is 12. The summed E-state index contributed by atoms with van der Waals surface area (Å²) in [5.41, 5.74) is 11.4. The van der Waals surface area contributed by atoms with Crippen molar-refractivity contribution in [3.05, 3.63) is 35.9 Å². The molecule has 0 radical (unpaired) electrons. The number of carboxylic acids is 1. The number of guanidine groups is 1. The molecule has 0 saturated carbocycles. The van der Waals surface area contributed by atoms with Crippen LogP contribution in [0.25, 0.3) is 0 Å². The fraction of sp³-hybridized carbons (Fsp3) is 0.500. The second-order valence-electron chi connectivity index (χ2n) is 7.29. The van der Waals surface area contributed by atoms with Crippen LogP contribution in [0, 0.1) is 5.92 Å². The van der Waals surface area contributed by atoms with E-state index in [2.05, 4.69) is 15.6 Å². The first-order chi connectivity index (χ1) is 14.2. The Morgan fingerprint density at radius 1 is 1.10 bits per heavy atom. The Kier molecular flexibility index (Phi) is 10.7. The molecule has 0 heterocycles. The van der Waals surface area contributed by atoms with Crippen LogP contribution in [0.1, 0.15) is 38.7 Å². The van der Waals surface area contributed by atoms with Crippen molar-refractivity contribution in [1.82, 2.24) is 10.6 Å². The number of carbonyl (C=O) groups excluding carboxylic acids is 3. The van der Waals surface area contributed by atoms with Gasteiger partial charge >= 0.3 is 12.1 Å². The molecule has 10 heteroatoms. The molecule has 0 unspecified atom stereocenters. The largest absolute Gasteiger partial charge is 0.548 e. The molecule has 0 spiro atoms. The average molecular weight is 421 g/mol. The van der Waals surface area contributed by atoms with Crippen molar-refractivity contribution in [3.8, 4) is 0 Å². The predicted molar refractivity (Wildman–Crippen MR) is 108 cm³/mol. The number of alkyl carbamates (subject to hydrolysis) is 1. The molecule has 1 rings (SSSR count). The third-order valence-electron chi connectivity index (χ3n) is 4.13. The number of benzene rings is 1. The van der Waals surface area contributed by atoms with E-state index >= 15 is 0 Å². The van der Waals surface area contributed by atoms with Crippen molar-refractivity contribution < 1.29 is 29.2 Å². The number of carboxylic acid groups (broad SMARTS) is 1. The van der Waals surface area contributed by atoms with Crippen LogP contribution in [0.3, 0.4) is 0 Å². The number of nitrogens with one attached hydrogen (secondary N) is 3. The minimum Gasteiger partial charge on any atom is -0.548 e. The number of ether oxygens (including phenoxy) is 1. The van der Waals surface area contributed by atoms with Crippen molar-refractivity contribution >= 4 is 23.9 Å². The van der Waals surface area contributed by atoms with E-state index in [0.717, 1.165) is 5.56 Å². The van der Waals surface area contributed by atoms with Gasteiger partial charge in [0.1, 0.15) is 12.6 Å². The Labute approximate surface area is 176 Å². The highest BCUT2D eigenvalue weighted by Crippen LogP contribution is 2.07. The molecule has 1 aromatic carbocycles. The summed E-state index contributed by atoms with van der Waals surface area (Å²) in [6.07, 6.45) is 0.0499. The molecule has 0 aliphatic rings. The molecule has 0 fully saturated rings. The molecule has 0 aliphatic heterocycles. The number of nitrogens with two attached hydrogens (primary N) is 2. The zero-order valence-corrected chi connectivity index (χ0v) is 17.4. The summed E-state index contributed by atoms with van der Waals surface area (Å²) in [7, 11) is 0.